The van der Waals surface area contributed by atoms with Gasteiger partial charge in [-0.15, -0.1) is 0 Å². The molecular formula is C20H14F9NO3. The second-order valence-electron chi connectivity index (χ2n) is 6.70. The van der Waals surface area contributed by atoms with Crippen LogP contribution in [0.4, 0.5) is 39.5 Å². The number of carbonyl (C=O) groups is 2. The van der Waals surface area contributed by atoms with Crippen LogP contribution in [0.3, 0.4) is 0 Å². The van der Waals surface area contributed by atoms with Gasteiger partial charge in [0.05, 0.1) is 23.8 Å². The molecule has 4 nitrogen and oxygen atoms in total. The summed E-state index contributed by atoms with van der Waals surface area (Å²) in [5, 5.41) is 1.85. The Hall–Kier alpha value is -3.25. The van der Waals surface area contributed by atoms with Crippen LogP contribution in [0.25, 0.3) is 0 Å². The van der Waals surface area contributed by atoms with Crippen molar-refractivity contribution in [2.45, 2.75) is 31.0 Å². The van der Waals surface area contributed by atoms with Gasteiger partial charge < -0.3 is 10.1 Å². The molecule has 0 unspecified atom stereocenters. The Morgan fingerprint density at radius 1 is 0.848 bits per heavy atom. The molecule has 0 aromatic heterocycles. The number of nitrogens with one attached hydrogen (secondary N) is 1. The number of ether oxygens (including phenoxy) is 1. The highest BCUT2D eigenvalue weighted by molar-refractivity contribution is 5.97. The van der Waals surface area contributed by atoms with Crippen LogP contribution in [0.15, 0.2) is 42.5 Å². The van der Waals surface area contributed by atoms with Crippen molar-refractivity contribution in [1.29, 1.82) is 0 Å². The van der Waals surface area contributed by atoms with Crippen molar-refractivity contribution in [2.24, 2.45) is 0 Å². The van der Waals surface area contributed by atoms with Gasteiger partial charge >= 0.3 is 24.5 Å². The minimum absolute atomic E-state index is 0.128. The third-order valence-electron chi connectivity index (χ3n) is 4.39. The summed E-state index contributed by atoms with van der Waals surface area (Å²) in [5.41, 5.74) is -6.26. The molecule has 0 spiro atoms. The minimum Gasteiger partial charge on any atom is -0.467 e. The van der Waals surface area contributed by atoms with E-state index in [1.807, 2.05) is 5.32 Å². The van der Waals surface area contributed by atoms with Crippen LogP contribution in [-0.2, 0) is 34.5 Å². The van der Waals surface area contributed by atoms with Crippen molar-refractivity contribution in [3.05, 3.63) is 70.3 Å². The van der Waals surface area contributed by atoms with Crippen LogP contribution >= 0.6 is 0 Å². The zero-order valence-electron chi connectivity index (χ0n) is 16.5. The maximum absolute atomic E-state index is 13.2. The lowest BCUT2D eigenvalue weighted by Crippen LogP contribution is -2.43. The largest absolute Gasteiger partial charge is 0.467 e. The quantitative estimate of drug-likeness (QED) is 0.463. The lowest BCUT2D eigenvalue weighted by Gasteiger charge is -2.20. The van der Waals surface area contributed by atoms with E-state index in [2.05, 4.69) is 4.74 Å². The van der Waals surface area contributed by atoms with Gasteiger partial charge in [0.1, 0.15) is 6.04 Å². The monoisotopic (exact) mass is 487 g/mol. The summed E-state index contributed by atoms with van der Waals surface area (Å²) < 4.78 is 122. The predicted octanol–water partition coefficient (Wildman–Crippen LogP) is 5.26. The maximum atomic E-state index is 13.2. The van der Waals surface area contributed by atoms with Crippen LogP contribution in [0, 0.1) is 0 Å². The van der Waals surface area contributed by atoms with Gasteiger partial charge in [-0.1, -0.05) is 18.2 Å². The number of carbonyl (C=O) groups excluding carboxylic acids is 2. The Labute approximate surface area is 180 Å². The number of esters is 1. The van der Waals surface area contributed by atoms with Crippen molar-refractivity contribution in [2.75, 3.05) is 7.11 Å². The molecule has 0 fully saturated rings. The van der Waals surface area contributed by atoms with E-state index in [1.165, 1.54) is 6.07 Å². The van der Waals surface area contributed by atoms with E-state index in [1.54, 1.807) is 0 Å². The topological polar surface area (TPSA) is 55.4 Å². The zero-order valence-corrected chi connectivity index (χ0v) is 16.5. The molecular weight excluding hydrogens is 473 g/mol. The molecule has 1 atom stereocenters. The molecule has 0 aliphatic rings. The summed E-state index contributed by atoms with van der Waals surface area (Å²) in [6.45, 7) is 0. The Balaban J connectivity index is 2.44. The standard InChI is InChI=1S/C20H14F9NO3/c1-33-17(32)15(8-10-4-2-3-5-14(10)20(27,28)29)30-16(31)11-6-12(18(21,22)23)9-13(7-11)19(24,25)26/h2-7,9,15H,8H2,1H3,(H,30,31)/t15-/m0/s1. The SMILES string of the molecule is COC(=O)[C@H](Cc1ccccc1C(F)(F)F)NC(=O)c1cc(C(F)(F)F)cc(C(F)(F)F)c1. The van der Waals surface area contributed by atoms with Gasteiger partial charge in [0.2, 0.25) is 0 Å². The van der Waals surface area contributed by atoms with Crippen molar-refractivity contribution in [1.82, 2.24) is 5.32 Å². The third kappa shape index (κ3) is 6.62. The number of halogens is 9. The number of methoxy groups -OCH3 is 1. The molecule has 2 rings (SSSR count). The van der Waals surface area contributed by atoms with Crippen molar-refractivity contribution in [3.8, 4) is 0 Å². The Bertz CT molecular complexity index is 994. The van der Waals surface area contributed by atoms with E-state index in [9.17, 15) is 49.1 Å². The van der Waals surface area contributed by atoms with Crippen LogP contribution in [0.2, 0.25) is 0 Å². The highest BCUT2D eigenvalue weighted by atomic mass is 19.4. The molecule has 180 valence electrons. The van der Waals surface area contributed by atoms with Gasteiger partial charge in [0.15, 0.2) is 0 Å². The van der Waals surface area contributed by atoms with Crippen molar-refractivity contribution < 1.29 is 53.8 Å². The van der Waals surface area contributed by atoms with Gasteiger partial charge in [-0.05, 0) is 29.8 Å². The first-order valence-electron chi connectivity index (χ1n) is 8.87. The van der Waals surface area contributed by atoms with Crippen LogP contribution in [0.1, 0.15) is 32.6 Å². The summed E-state index contributed by atoms with van der Waals surface area (Å²) in [5.74, 6) is -2.81. The van der Waals surface area contributed by atoms with E-state index in [0.29, 0.717) is 6.07 Å². The number of hydrogen-bond acceptors (Lipinski definition) is 3. The van der Waals surface area contributed by atoms with Gasteiger partial charge in [0, 0.05) is 12.0 Å². The van der Waals surface area contributed by atoms with Gasteiger partial charge in [-0.25, -0.2) is 4.79 Å². The van der Waals surface area contributed by atoms with Crippen molar-refractivity contribution >= 4 is 11.9 Å². The molecule has 0 saturated carbocycles. The number of hydrogen-bond donors (Lipinski definition) is 1. The molecule has 2 aromatic rings. The lowest BCUT2D eigenvalue weighted by atomic mass is 9.99. The first-order chi connectivity index (χ1) is 15.0. The smallest absolute Gasteiger partial charge is 0.416 e. The molecule has 2 aromatic carbocycles. The number of benzene rings is 2. The summed E-state index contributed by atoms with van der Waals surface area (Å²) in [6.07, 6.45) is -16.1. The number of alkyl halides is 9. The first-order valence-corrected chi connectivity index (χ1v) is 8.87. The van der Waals surface area contributed by atoms with Crippen LogP contribution in [-0.4, -0.2) is 25.0 Å². The van der Waals surface area contributed by atoms with Gasteiger partial charge in [0.25, 0.3) is 5.91 Å². The van der Waals surface area contributed by atoms with Gasteiger partial charge in [-0.3, -0.25) is 4.79 Å². The van der Waals surface area contributed by atoms with E-state index in [-0.39, 0.29) is 18.2 Å². The number of rotatable bonds is 5. The molecule has 1 amide bonds. The molecule has 0 bridgehead atoms. The molecule has 0 aliphatic heterocycles. The fraction of sp³-hybridized carbons (Fsp3) is 0.300. The maximum Gasteiger partial charge on any atom is 0.416 e. The second-order valence-corrected chi connectivity index (χ2v) is 6.70. The van der Waals surface area contributed by atoms with E-state index in [4.69, 9.17) is 0 Å². The van der Waals surface area contributed by atoms with E-state index < -0.39 is 70.7 Å². The third-order valence-corrected chi connectivity index (χ3v) is 4.39. The summed E-state index contributed by atoms with van der Waals surface area (Å²) in [4.78, 5) is 24.4. The summed E-state index contributed by atoms with van der Waals surface area (Å²) >= 11 is 0. The molecule has 0 heterocycles. The summed E-state index contributed by atoms with van der Waals surface area (Å²) in [6, 6.07) is 2.20. The first kappa shape index (κ1) is 26.0. The molecule has 0 radical (unpaired) electrons. The fourth-order valence-electron chi connectivity index (χ4n) is 2.86. The summed E-state index contributed by atoms with van der Waals surface area (Å²) in [7, 11) is 0.836. The molecule has 0 aliphatic carbocycles. The highest BCUT2D eigenvalue weighted by Gasteiger charge is 2.38. The van der Waals surface area contributed by atoms with E-state index in [0.717, 1.165) is 19.2 Å². The highest BCUT2D eigenvalue weighted by Crippen LogP contribution is 2.36. The fourth-order valence-corrected chi connectivity index (χ4v) is 2.86. The normalized spacial score (nSPS) is 13.4. The lowest BCUT2D eigenvalue weighted by molar-refractivity contribution is -0.144. The Kier molecular flexibility index (Phi) is 7.34. The average Bonchev–Trinajstić information content (AvgIpc) is 2.70. The average molecular weight is 487 g/mol. The minimum atomic E-state index is -5.23. The Morgan fingerprint density at radius 3 is 1.82 bits per heavy atom. The van der Waals surface area contributed by atoms with Gasteiger partial charge in [-0.2, -0.15) is 39.5 Å². The second kappa shape index (κ2) is 9.32. The van der Waals surface area contributed by atoms with Crippen LogP contribution in [0.5, 0.6) is 0 Å². The molecule has 1 N–H and O–H groups in total. The molecule has 33 heavy (non-hydrogen) atoms. The number of amides is 1. The predicted molar refractivity (Wildman–Crippen MR) is 94.9 cm³/mol. The molecule has 13 heteroatoms. The van der Waals surface area contributed by atoms with E-state index >= 15 is 0 Å². The zero-order chi connectivity index (χ0) is 25.2. The Morgan fingerprint density at radius 2 is 1.36 bits per heavy atom. The van der Waals surface area contributed by atoms with Crippen LogP contribution < -0.4 is 5.32 Å². The molecule has 0 saturated heterocycles. The van der Waals surface area contributed by atoms with Crippen molar-refractivity contribution in [3.63, 3.8) is 0 Å².